The minimum absolute atomic E-state index is 0.161. The Bertz CT molecular complexity index is 665. The summed E-state index contributed by atoms with van der Waals surface area (Å²) in [7, 11) is 0. The molecule has 0 spiro atoms. The molecule has 0 bridgehead atoms. The lowest BCUT2D eigenvalue weighted by molar-refractivity contribution is -0.124. The van der Waals surface area contributed by atoms with Gasteiger partial charge >= 0.3 is 0 Å². The molecule has 3 N–H and O–H groups in total. The standard InChI is InChI=1S/C22H32N4O/c1-17-7-9-19(10-8-17)26-13-11-22(16-23,12-14-26)25-21(27)20(24)15-18-5-3-2-4-6-18/h7-10,18,20H,2-6,11-15,24H2,1H3,(H,25,27). The number of nitrogens with zero attached hydrogens (tertiary/aromatic N) is 2. The van der Waals surface area contributed by atoms with Crippen LogP contribution in [0.4, 0.5) is 5.69 Å². The van der Waals surface area contributed by atoms with Crippen molar-refractivity contribution in [3.63, 3.8) is 0 Å². The monoisotopic (exact) mass is 368 g/mol. The zero-order valence-electron chi connectivity index (χ0n) is 16.4. The quantitative estimate of drug-likeness (QED) is 0.836. The molecule has 1 atom stereocenters. The van der Waals surface area contributed by atoms with Gasteiger partial charge in [0.25, 0.3) is 0 Å². The second-order valence-corrected chi connectivity index (χ2v) is 8.35. The first-order valence-electron chi connectivity index (χ1n) is 10.3. The molecule has 0 radical (unpaired) electrons. The summed E-state index contributed by atoms with van der Waals surface area (Å²) in [6, 6.07) is 10.3. The Morgan fingerprint density at radius 2 is 1.89 bits per heavy atom. The number of anilines is 1. The highest BCUT2D eigenvalue weighted by Gasteiger charge is 2.37. The number of carbonyl (C=O) groups excluding carboxylic acids is 1. The van der Waals surface area contributed by atoms with E-state index in [9.17, 15) is 10.1 Å². The third-order valence-corrected chi connectivity index (χ3v) is 6.24. The largest absolute Gasteiger partial charge is 0.371 e. The maximum absolute atomic E-state index is 12.6. The molecule has 1 aromatic carbocycles. The molecule has 0 aromatic heterocycles. The van der Waals surface area contributed by atoms with E-state index in [2.05, 4.69) is 47.5 Å². The lowest BCUT2D eigenvalue weighted by atomic mass is 9.84. The van der Waals surface area contributed by atoms with Crippen molar-refractivity contribution in [3.8, 4) is 6.07 Å². The molecule has 1 heterocycles. The summed E-state index contributed by atoms with van der Waals surface area (Å²) in [6.07, 6.45) is 8.13. The highest BCUT2D eigenvalue weighted by Crippen LogP contribution is 2.29. The summed E-state index contributed by atoms with van der Waals surface area (Å²) in [4.78, 5) is 14.9. The summed E-state index contributed by atoms with van der Waals surface area (Å²) in [5.74, 6) is 0.395. The molecule has 1 aliphatic heterocycles. The first-order chi connectivity index (χ1) is 13.0. The van der Waals surface area contributed by atoms with E-state index < -0.39 is 11.6 Å². The molecule has 1 aromatic rings. The van der Waals surface area contributed by atoms with Crippen molar-refractivity contribution in [1.29, 1.82) is 5.26 Å². The zero-order chi connectivity index (χ0) is 19.3. The molecule has 5 heteroatoms. The Morgan fingerprint density at radius 3 is 2.48 bits per heavy atom. The van der Waals surface area contributed by atoms with Crippen molar-refractivity contribution < 1.29 is 4.79 Å². The Hall–Kier alpha value is -2.06. The summed E-state index contributed by atoms with van der Waals surface area (Å²) in [5, 5.41) is 12.8. The first kappa shape index (κ1) is 19.7. The predicted molar refractivity (Wildman–Crippen MR) is 108 cm³/mol. The summed E-state index contributed by atoms with van der Waals surface area (Å²) in [5.41, 5.74) is 7.80. The average molecular weight is 369 g/mol. The summed E-state index contributed by atoms with van der Waals surface area (Å²) >= 11 is 0. The van der Waals surface area contributed by atoms with E-state index >= 15 is 0 Å². The highest BCUT2D eigenvalue weighted by molar-refractivity contribution is 5.82. The van der Waals surface area contributed by atoms with Crippen LogP contribution in [0.3, 0.4) is 0 Å². The van der Waals surface area contributed by atoms with E-state index in [0.717, 1.165) is 19.5 Å². The zero-order valence-corrected chi connectivity index (χ0v) is 16.4. The van der Waals surface area contributed by atoms with Gasteiger partial charge < -0.3 is 16.0 Å². The van der Waals surface area contributed by atoms with Gasteiger partial charge in [0.05, 0.1) is 12.1 Å². The van der Waals surface area contributed by atoms with Gasteiger partial charge in [-0.15, -0.1) is 0 Å². The van der Waals surface area contributed by atoms with E-state index in [1.807, 2.05) is 0 Å². The van der Waals surface area contributed by atoms with Crippen molar-refractivity contribution in [1.82, 2.24) is 5.32 Å². The van der Waals surface area contributed by atoms with Crippen molar-refractivity contribution in [3.05, 3.63) is 29.8 Å². The molecule has 146 valence electrons. The van der Waals surface area contributed by atoms with Crippen molar-refractivity contribution in [2.75, 3.05) is 18.0 Å². The van der Waals surface area contributed by atoms with Gasteiger partial charge in [-0.1, -0.05) is 49.8 Å². The van der Waals surface area contributed by atoms with Crippen LogP contribution >= 0.6 is 0 Å². The number of amides is 1. The number of hydrogen-bond donors (Lipinski definition) is 2. The lowest BCUT2D eigenvalue weighted by Gasteiger charge is -2.39. The van der Waals surface area contributed by atoms with Crippen molar-refractivity contribution >= 4 is 11.6 Å². The average Bonchev–Trinajstić information content (AvgIpc) is 2.70. The minimum Gasteiger partial charge on any atom is -0.371 e. The predicted octanol–water partition coefficient (Wildman–Crippen LogP) is 3.27. The molecular formula is C22H32N4O. The van der Waals surface area contributed by atoms with Crippen LogP contribution in [-0.2, 0) is 4.79 Å². The maximum atomic E-state index is 12.6. The summed E-state index contributed by atoms with van der Waals surface area (Å²) in [6.45, 7) is 3.59. The van der Waals surface area contributed by atoms with Gasteiger partial charge in [-0.3, -0.25) is 4.79 Å². The van der Waals surface area contributed by atoms with Crippen LogP contribution in [0.2, 0.25) is 0 Å². The Morgan fingerprint density at radius 1 is 1.26 bits per heavy atom. The number of nitrogens with one attached hydrogen (secondary N) is 1. The van der Waals surface area contributed by atoms with Gasteiger partial charge in [-0.2, -0.15) is 5.26 Å². The van der Waals surface area contributed by atoms with E-state index in [0.29, 0.717) is 18.8 Å². The van der Waals surface area contributed by atoms with Crippen LogP contribution in [0.15, 0.2) is 24.3 Å². The molecule has 2 fully saturated rings. The second kappa shape index (κ2) is 8.75. The van der Waals surface area contributed by atoms with E-state index in [1.165, 1.54) is 43.4 Å². The second-order valence-electron chi connectivity index (χ2n) is 8.35. The molecular weight excluding hydrogens is 336 g/mol. The number of carbonyl (C=O) groups is 1. The molecule has 1 saturated heterocycles. The van der Waals surface area contributed by atoms with Gasteiger partial charge in [0.2, 0.25) is 5.91 Å². The highest BCUT2D eigenvalue weighted by atomic mass is 16.2. The van der Waals surface area contributed by atoms with Crippen LogP contribution in [0.25, 0.3) is 0 Å². The fraction of sp³-hybridized carbons (Fsp3) is 0.636. The van der Waals surface area contributed by atoms with Gasteiger partial charge in [0.15, 0.2) is 0 Å². The fourth-order valence-corrected chi connectivity index (χ4v) is 4.38. The molecule has 1 saturated carbocycles. The van der Waals surface area contributed by atoms with Crippen molar-refractivity contribution in [2.45, 2.75) is 69.9 Å². The van der Waals surface area contributed by atoms with Gasteiger partial charge in [0, 0.05) is 31.6 Å². The number of rotatable bonds is 5. The van der Waals surface area contributed by atoms with Crippen LogP contribution in [0, 0.1) is 24.2 Å². The number of aryl methyl sites for hydroxylation is 1. The third-order valence-electron chi connectivity index (χ3n) is 6.24. The summed E-state index contributed by atoms with van der Waals surface area (Å²) < 4.78 is 0. The molecule has 1 aliphatic carbocycles. The van der Waals surface area contributed by atoms with E-state index in [1.54, 1.807) is 0 Å². The minimum atomic E-state index is -0.789. The van der Waals surface area contributed by atoms with E-state index in [4.69, 9.17) is 5.73 Å². The maximum Gasteiger partial charge on any atom is 0.238 e. The normalized spacial score (nSPS) is 21.3. The van der Waals surface area contributed by atoms with Gasteiger partial charge in [-0.05, 0) is 31.4 Å². The third kappa shape index (κ3) is 5.01. The fourth-order valence-electron chi connectivity index (χ4n) is 4.38. The van der Waals surface area contributed by atoms with E-state index in [-0.39, 0.29) is 5.91 Å². The van der Waals surface area contributed by atoms with Crippen LogP contribution in [0.1, 0.15) is 56.9 Å². The van der Waals surface area contributed by atoms with Crippen molar-refractivity contribution in [2.24, 2.45) is 11.7 Å². The smallest absolute Gasteiger partial charge is 0.238 e. The Labute approximate surface area is 162 Å². The first-order valence-corrected chi connectivity index (χ1v) is 10.3. The number of piperidine rings is 1. The van der Waals surface area contributed by atoms with Gasteiger partial charge in [0.1, 0.15) is 5.54 Å². The number of nitriles is 1. The molecule has 2 aliphatic rings. The van der Waals surface area contributed by atoms with Crippen LogP contribution < -0.4 is 16.0 Å². The molecule has 27 heavy (non-hydrogen) atoms. The van der Waals surface area contributed by atoms with Crippen LogP contribution in [-0.4, -0.2) is 30.6 Å². The Balaban J connectivity index is 1.54. The number of nitrogens with two attached hydrogens (primary N) is 1. The number of hydrogen-bond acceptors (Lipinski definition) is 4. The number of benzene rings is 1. The lowest BCUT2D eigenvalue weighted by Crippen LogP contribution is -2.58. The molecule has 1 amide bonds. The SMILES string of the molecule is Cc1ccc(N2CCC(C#N)(NC(=O)C(N)CC3CCCCC3)CC2)cc1. The topological polar surface area (TPSA) is 82.2 Å². The van der Waals surface area contributed by atoms with Gasteiger partial charge in [-0.25, -0.2) is 0 Å². The molecule has 1 unspecified atom stereocenters. The van der Waals surface area contributed by atoms with Crippen LogP contribution in [0.5, 0.6) is 0 Å². The molecule has 3 rings (SSSR count). The molecule has 5 nitrogen and oxygen atoms in total. The Kier molecular flexibility index (Phi) is 6.38.